The molecule has 0 heterocycles. The number of hydrogen-bond donors (Lipinski definition) is 1. The van der Waals surface area contributed by atoms with E-state index in [1.54, 1.807) is 31.2 Å². The van der Waals surface area contributed by atoms with Crippen molar-refractivity contribution in [3.63, 3.8) is 0 Å². The Hall–Kier alpha value is -3.56. The SMILES string of the molecule is CCOc1ccccc1N(CC(=O)N(Cc1ccccc1)C(CC)C(=O)NCC(C)C)S(=O)(=O)c1ccc(Cl)cc1. The van der Waals surface area contributed by atoms with Crippen molar-refractivity contribution >= 4 is 39.1 Å². The van der Waals surface area contributed by atoms with E-state index in [2.05, 4.69) is 5.32 Å². The molecule has 3 aromatic rings. The third kappa shape index (κ3) is 8.47. The summed E-state index contributed by atoms with van der Waals surface area (Å²) in [6, 6.07) is 20.9. The van der Waals surface area contributed by atoms with Crippen LogP contribution in [0.15, 0.2) is 83.8 Å². The number of hydrogen-bond acceptors (Lipinski definition) is 5. The second kappa shape index (κ2) is 14.9. The maximum atomic E-state index is 14.2. The summed E-state index contributed by atoms with van der Waals surface area (Å²) in [7, 11) is -4.24. The zero-order valence-corrected chi connectivity index (χ0v) is 25.5. The van der Waals surface area contributed by atoms with Gasteiger partial charge in [0.2, 0.25) is 11.8 Å². The predicted molar refractivity (Wildman–Crippen MR) is 163 cm³/mol. The number of nitrogens with zero attached hydrogens (tertiary/aromatic N) is 2. The van der Waals surface area contributed by atoms with Gasteiger partial charge in [-0.15, -0.1) is 0 Å². The van der Waals surface area contributed by atoms with Gasteiger partial charge in [0.25, 0.3) is 10.0 Å². The molecule has 10 heteroatoms. The van der Waals surface area contributed by atoms with E-state index in [1.165, 1.54) is 29.2 Å². The lowest BCUT2D eigenvalue weighted by Crippen LogP contribution is -2.52. The first-order valence-corrected chi connectivity index (χ1v) is 15.5. The van der Waals surface area contributed by atoms with Gasteiger partial charge in [-0.1, -0.05) is 74.8 Å². The highest BCUT2D eigenvalue weighted by molar-refractivity contribution is 7.92. The summed E-state index contributed by atoms with van der Waals surface area (Å²) >= 11 is 6.03. The van der Waals surface area contributed by atoms with E-state index in [0.29, 0.717) is 30.3 Å². The summed E-state index contributed by atoms with van der Waals surface area (Å²) in [5, 5.41) is 3.31. The van der Waals surface area contributed by atoms with Crippen molar-refractivity contribution in [2.45, 2.75) is 51.6 Å². The van der Waals surface area contributed by atoms with E-state index < -0.39 is 28.5 Å². The molecule has 1 unspecified atom stereocenters. The molecule has 0 saturated heterocycles. The highest BCUT2D eigenvalue weighted by Gasteiger charge is 2.34. The van der Waals surface area contributed by atoms with E-state index in [0.717, 1.165) is 9.87 Å². The monoisotopic (exact) mass is 599 g/mol. The lowest BCUT2D eigenvalue weighted by atomic mass is 10.1. The average Bonchev–Trinajstić information content (AvgIpc) is 2.96. The molecule has 0 bridgehead atoms. The molecule has 3 aromatic carbocycles. The molecule has 0 aromatic heterocycles. The van der Waals surface area contributed by atoms with Crippen molar-refractivity contribution < 1.29 is 22.7 Å². The van der Waals surface area contributed by atoms with Gasteiger partial charge in [-0.25, -0.2) is 8.42 Å². The Morgan fingerprint density at radius 1 is 0.927 bits per heavy atom. The summed E-state index contributed by atoms with van der Waals surface area (Å²) in [6.45, 7) is 7.95. The fraction of sp³-hybridized carbons (Fsp3) is 0.355. The van der Waals surface area contributed by atoms with Gasteiger partial charge in [0.1, 0.15) is 18.3 Å². The van der Waals surface area contributed by atoms with Crippen molar-refractivity contribution in [2.24, 2.45) is 5.92 Å². The van der Waals surface area contributed by atoms with Crippen molar-refractivity contribution in [1.82, 2.24) is 10.2 Å². The van der Waals surface area contributed by atoms with E-state index in [1.807, 2.05) is 51.1 Å². The summed E-state index contributed by atoms with van der Waals surface area (Å²) < 4.78 is 34.9. The van der Waals surface area contributed by atoms with Crippen LogP contribution < -0.4 is 14.4 Å². The van der Waals surface area contributed by atoms with Gasteiger partial charge in [-0.05, 0) is 61.2 Å². The number of carbonyl (C=O) groups excluding carboxylic acids is 2. The zero-order chi connectivity index (χ0) is 30.0. The molecule has 1 N–H and O–H groups in total. The molecule has 0 aliphatic rings. The number of amides is 2. The number of halogens is 1. The molecule has 0 spiro atoms. The van der Waals surface area contributed by atoms with Crippen LogP contribution in [-0.2, 0) is 26.2 Å². The Kier molecular flexibility index (Phi) is 11.6. The van der Waals surface area contributed by atoms with Crippen molar-refractivity contribution in [1.29, 1.82) is 0 Å². The van der Waals surface area contributed by atoms with Crippen LogP contribution in [-0.4, -0.2) is 50.9 Å². The number of anilines is 1. The fourth-order valence-electron chi connectivity index (χ4n) is 4.31. The smallest absolute Gasteiger partial charge is 0.264 e. The van der Waals surface area contributed by atoms with E-state index in [9.17, 15) is 18.0 Å². The van der Waals surface area contributed by atoms with Gasteiger partial charge in [0.15, 0.2) is 0 Å². The van der Waals surface area contributed by atoms with Crippen LogP contribution in [0, 0.1) is 5.92 Å². The molecule has 3 rings (SSSR count). The van der Waals surface area contributed by atoms with Crippen LogP contribution in [0.3, 0.4) is 0 Å². The highest BCUT2D eigenvalue weighted by atomic mass is 35.5. The summed E-state index contributed by atoms with van der Waals surface area (Å²) in [6.07, 6.45) is 0.349. The maximum absolute atomic E-state index is 14.2. The van der Waals surface area contributed by atoms with Gasteiger partial charge in [-0.3, -0.25) is 13.9 Å². The van der Waals surface area contributed by atoms with Crippen LogP contribution in [0.4, 0.5) is 5.69 Å². The van der Waals surface area contributed by atoms with Crippen LogP contribution in [0.1, 0.15) is 39.7 Å². The summed E-state index contributed by atoms with van der Waals surface area (Å²) in [5.41, 5.74) is 1.03. The summed E-state index contributed by atoms with van der Waals surface area (Å²) in [5.74, 6) is -0.266. The van der Waals surface area contributed by atoms with E-state index in [-0.39, 0.29) is 29.0 Å². The Labute approximate surface area is 248 Å². The van der Waals surface area contributed by atoms with Gasteiger partial charge in [0, 0.05) is 18.1 Å². The fourth-order valence-corrected chi connectivity index (χ4v) is 5.86. The van der Waals surface area contributed by atoms with Crippen LogP contribution in [0.2, 0.25) is 5.02 Å². The van der Waals surface area contributed by atoms with Crippen LogP contribution in [0.25, 0.3) is 0 Å². The first-order chi connectivity index (χ1) is 19.6. The number of carbonyl (C=O) groups is 2. The van der Waals surface area contributed by atoms with Crippen LogP contribution in [0.5, 0.6) is 5.75 Å². The Balaban J connectivity index is 2.08. The third-order valence-corrected chi connectivity index (χ3v) is 8.41. The van der Waals surface area contributed by atoms with Gasteiger partial charge >= 0.3 is 0 Å². The number of para-hydroxylation sites is 2. The first kappa shape index (κ1) is 32.0. The Bertz CT molecular complexity index is 1400. The second-order valence-corrected chi connectivity index (χ2v) is 12.2. The number of ether oxygens (including phenoxy) is 1. The molecular weight excluding hydrogens is 562 g/mol. The molecule has 0 aliphatic carbocycles. The van der Waals surface area contributed by atoms with Crippen molar-refractivity contribution in [2.75, 3.05) is 24.0 Å². The molecular formula is C31H38ClN3O5S. The first-order valence-electron chi connectivity index (χ1n) is 13.7. The lowest BCUT2D eigenvalue weighted by molar-refractivity contribution is -0.140. The minimum absolute atomic E-state index is 0.0303. The predicted octanol–water partition coefficient (Wildman–Crippen LogP) is 5.51. The van der Waals surface area contributed by atoms with Gasteiger partial charge in [-0.2, -0.15) is 0 Å². The Morgan fingerprint density at radius 2 is 1.56 bits per heavy atom. The molecule has 0 saturated carbocycles. The minimum Gasteiger partial charge on any atom is -0.492 e. The minimum atomic E-state index is -4.24. The topological polar surface area (TPSA) is 96.0 Å². The Morgan fingerprint density at radius 3 is 2.17 bits per heavy atom. The summed E-state index contributed by atoms with van der Waals surface area (Å²) in [4.78, 5) is 28.9. The highest BCUT2D eigenvalue weighted by Crippen LogP contribution is 2.33. The molecule has 0 fully saturated rings. The largest absolute Gasteiger partial charge is 0.492 e. The number of benzene rings is 3. The molecule has 0 radical (unpaired) electrons. The second-order valence-electron chi connectivity index (χ2n) is 9.94. The third-order valence-electron chi connectivity index (χ3n) is 6.38. The van der Waals surface area contributed by atoms with Crippen molar-refractivity contribution in [3.05, 3.63) is 89.4 Å². The molecule has 0 aliphatic heterocycles. The quantitative estimate of drug-likeness (QED) is 0.263. The number of rotatable bonds is 14. The average molecular weight is 600 g/mol. The van der Waals surface area contributed by atoms with E-state index >= 15 is 0 Å². The van der Waals surface area contributed by atoms with E-state index in [4.69, 9.17) is 16.3 Å². The molecule has 220 valence electrons. The van der Waals surface area contributed by atoms with Crippen LogP contribution >= 0.6 is 11.6 Å². The normalized spacial score (nSPS) is 12.0. The van der Waals surface area contributed by atoms with Gasteiger partial charge in [0.05, 0.1) is 17.2 Å². The number of nitrogens with one attached hydrogen (secondary N) is 1. The lowest BCUT2D eigenvalue weighted by Gasteiger charge is -2.33. The molecule has 1 atom stereocenters. The molecule has 2 amide bonds. The molecule has 41 heavy (non-hydrogen) atoms. The number of sulfonamides is 1. The standard InChI is InChI=1S/C31H38ClN3O5S/c1-5-27(31(37)33-20-23(3)4)34(21-24-12-8-7-9-13-24)30(36)22-35(28-14-10-11-15-29(28)40-6-2)41(38,39)26-18-16-25(32)17-19-26/h7-19,23,27H,5-6,20-22H2,1-4H3,(H,33,37). The molecule has 8 nitrogen and oxygen atoms in total. The zero-order valence-electron chi connectivity index (χ0n) is 23.9. The maximum Gasteiger partial charge on any atom is 0.264 e. The van der Waals surface area contributed by atoms with Gasteiger partial charge < -0.3 is 15.0 Å². The van der Waals surface area contributed by atoms with Crippen molar-refractivity contribution in [3.8, 4) is 5.75 Å².